The highest BCUT2D eigenvalue weighted by Gasteiger charge is 2.33. The highest BCUT2D eigenvalue weighted by molar-refractivity contribution is 5.85. The summed E-state index contributed by atoms with van der Waals surface area (Å²) in [6.45, 7) is 1.75. The summed E-state index contributed by atoms with van der Waals surface area (Å²) < 4.78 is 68.0. The van der Waals surface area contributed by atoms with Crippen molar-refractivity contribution in [3.8, 4) is 0 Å². The predicted octanol–water partition coefficient (Wildman–Crippen LogP) is 2.52. The molecule has 23 heavy (non-hydrogen) atoms. The summed E-state index contributed by atoms with van der Waals surface area (Å²) in [5, 5.41) is 12.0. The first-order valence-corrected chi connectivity index (χ1v) is 7.06. The molecule has 1 heterocycles. The monoisotopic (exact) mass is 360 g/mol. The molecule has 1 saturated heterocycles. The SMILES string of the molecule is Cl.OCCC[C@H](c1c(F)c(F)c(F)c(F)c1F)N1CCNCC1. The van der Waals surface area contributed by atoms with Crippen LogP contribution in [0.4, 0.5) is 22.0 Å². The number of hydrogen-bond donors (Lipinski definition) is 2. The van der Waals surface area contributed by atoms with E-state index in [1.54, 1.807) is 4.90 Å². The van der Waals surface area contributed by atoms with Gasteiger partial charge in [0.1, 0.15) is 0 Å². The van der Waals surface area contributed by atoms with Crippen molar-refractivity contribution in [2.75, 3.05) is 32.8 Å². The van der Waals surface area contributed by atoms with Crippen LogP contribution in [0.3, 0.4) is 0 Å². The van der Waals surface area contributed by atoms with Crippen LogP contribution in [0.1, 0.15) is 24.4 Å². The number of rotatable bonds is 5. The largest absolute Gasteiger partial charge is 0.396 e. The molecule has 0 unspecified atom stereocenters. The first-order valence-electron chi connectivity index (χ1n) is 7.06. The number of nitrogens with one attached hydrogen (secondary N) is 1. The van der Waals surface area contributed by atoms with Gasteiger partial charge in [0, 0.05) is 44.4 Å². The summed E-state index contributed by atoms with van der Waals surface area (Å²) in [6, 6.07) is -0.959. The summed E-state index contributed by atoms with van der Waals surface area (Å²) in [5.74, 6) is -9.60. The number of nitrogens with zero attached hydrogens (tertiary/aromatic N) is 1. The molecule has 2 N–H and O–H groups in total. The Morgan fingerprint density at radius 3 is 1.87 bits per heavy atom. The van der Waals surface area contributed by atoms with E-state index in [0.717, 1.165) is 0 Å². The van der Waals surface area contributed by atoms with Crippen molar-refractivity contribution in [2.24, 2.45) is 0 Å². The van der Waals surface area contributed by atoms with E-state index in [-0.39, 0.29) is 31.9 Å². The number of aliphatic hydroxyl groups excluding tert-OH is 1. The van der Waals surface area contributed by atoms with E-state index in [1.165, 1.54) is 0 Å². The minimum Gasteiger partial charge on any atom is -0.396 e. The smallest absolute Gasteiger partial charge is 0.200 e. The quantitative estimate of drug-likeness (QED) is 0.481. The third kappa shape index (κ3) is 4.12. The van der Waals surface area contributed by atoms with Crippen molar-refractivity contribution in [1.29, 1.82) is 0 Å². The van der Waals surface area contributed by atoms with Crippen molar-refractivity contribution in [2.45, 2.75) is 18.9 Å². The third-order valence-corrected chi connectivity index (χ3v) is 3.81. The van der Waals surface area contributed by atoms with Crippen LogP contribution in [0.15, 0.2) is 0 Å². The lowest BCUT2D eigenvalue weighted by molar-refractivity contribution is 0.146. The molecule has 1 atom stereocenters. The summed E-state index contributed by atoms with van der Waals surface area (Å²) >= 11 is 0. The average Bonchev–Trinajstić information content (AvgIpc) is 2.55. The topological polar surface area (TPSA) is 35.5 Å². The van der Waals surface area contributed by atoms with E-state index >= 15 is 0 Å². The van der Waals surface area contributed by atoms with Gasteiger partial charge in [0.25, 0.3) is 0 Å². The van der Waals surface area contributed by atoms with Gasteiger partial charge < -0.3 is 10.4 Å². The van der Waals surface area contributed by atoms with Crippen molar-refractivity contribution in [3.63, 3.8) is 0 Å². The molecule has 0 aliphatic carbocycles. The van der Waals surface area contributed by atoms with Gasteiger partial charge >= 0.3 is 0 Å². The minimum atomic E-state index is -2.15. The summed E-state index contributed by atoms with van der Waals surface area (Å²) in [7, 11) is 0. The van der Waals surface area contributed by atoms with Gasteiger partial charge in [0.05, 0.1) is 0 Å². The number of hydrogen-bond acceptors (Lipinski definition) is 3. The van der Waals surface area contributed by atoms with E-state index in [9.17, 15) is 22.0 Å². The number of aliphatic hydroxyl groups is 1. The third-order valence-electron chi connectivity index (χ3n) is 3.81. The lowest BCUT2D eigenvalue weighted by Gasteiger charge is -2.35. The lowest BCUT2D eigenvalue weighted by Crippen LogP contribution is -2.45. The average molecular weight is 361 g/mol. The molecule has 0 radical (unpaired) electrons. The van der Waals surface area contributed by atoms with Crippen molar-refractivity contribution < 1.29 is 27.1 Å². The molecule has 0 spiro atoms. The number of benzene rings is 1. The van der Waals surface area contributed by atoms with Crippen LogP contribution in [0, 0.1) is 29.1 Å². The Balaban J connectivity index is 0.00000264. The van der Waals surface area contributed by atoms with Gasteiger partial charge in [-0.05, 0) is 12.8 Å². The van der Waals surface area contributed by atoms with Crippen LogP contribution in [-0.4, -0.2) is 42.8 Å². The fourth-order valence-electron chi connectivity index (χ4n) is 2.70. The molecular weight excluding hydrogens is 343 g/mol. The molecule has 1 fully saturated rings. The molecule has 0 saturated carbocycles. The molecule has 132 valence electrons. The van der Waals surface area contributed by atoms with Gasteiger partial charge in [-0.15, -0.1) is 12.4 Å². The Hall–Kier alpha value is -0.960. The van der Waals surface area contributed by atoms with Gasteiger partial charge in [-0.1, -0.05) is 0 Å². The highest BCUT2D eigenvalue weighted by Crippen LogP contribution is 2.33. The van der Waals surface area contributed by atoms with Gasteiger partial charge in [-0.2, -0.15) is 0 Å². The Labute approximate surface area is 136 Å². The minimum absolute atomic E-state index is 0. The number of piperazine rings is 1. The second-order valence-electron chi connectivity index (χ2n) is 5.15. The Morgan fingerprint density at radius 2 is 1.39 bits per heavy atom. The van der Waals surface area contributed by atoms with E-state index in [1.807, 2.05) is 0 Å². The van der Waals surface area contributed by atoms with E-state index in [4.69, 9.17) is 5.11 Å². The zero-order valence-electron chi connectivity index (χ0n) is 12.2. The van der Waals surface area contributed by atoms with Crippen molar-refractivity contribution >= 4 is 12.4 Å². The molecule has 0 bridgehead atoms. The zero-order valence-corrected chi connectivity index (χ0v) is 13.0. The van der Waals surface area contributed by atoms with Gasteiger partial charge in [-0.3, -0.25) is 4.90 Å². The lowest BCUT2D eigenvalue weighted by atomic mass is 9.97. The number of halogens is 6. The van der Waals surface area contributed by atoms with Crippen LogP contribution in [-0.2, 0) is 0 Å². The van der Waals surface area contributed by atoms with Crippen LogP contribution >= 0.6 is 12.4 Å². The molecule has 0 aromatic heterocycles. The second-order valence-corrected chi connectivity index (χ2v) is 5.15. The standard InChI is InChI=1S/C14H17F5N2O.ClH/c15-10-9(11(16)13(18)14(19)12(10)17)8(2-1-7-22)21-5-3-20-4-6-21;/h8,20,22H,1-7H2;1H/t8-;/m1./s1. The van der Waals surface area contributed by atoms with Crippen LogP contribution in [0.5, 0.6) is 0 Å². The summed E-state index contributed by atoms with van der Waals surface area (Å²) in [4.78, 5) is 1.67. The molecule has 9 heteroatoms. The summed E-state index contributed by atoms with van der Waals surface area (Å²) in [6.07, 6.45) is 0.308. The molecule has 1 aromatic carbocycles. The highest BCUT2D eigenvalue weighted by atomic mass is 35.5. The first-order chi connectivity index (χ1) is 10.5. The Bertz CT molecular complexity index is 511. The summed E-state index contributed by atoms with van der Waals surface area (Å²) in [5.41, 5.74) is -0.813. The molecule has 0 amide bonds. The van der Waals surface area contributed by atoms with Gasteiger partial charge in [0.2, 0.25) is 5.82 Å². The Kier molecular flexibility index (Phi) is 7.66. The maximum Gasteiger partial charge on any atom is 0.200 e. The van der Waals surface area contributed by atoms with Crippen LogP contribution in [0.2, 0.25) is 0 Å². The fraction of sp³-hybridized carbons (Fsp3) is 0.571. The zero-order chi connectivity index (χ0) is 16.3. The maximum atomic E-state index is 14.0. The van der Waals surface area contributed by atoms with E-state index in [2.05, 4.69) is 5.32 Å². The molecule has 3 nitrogen and oxygen atoms in total. The maximum absolute atomic E-state index is 14.0. The van der Waals surface area contributed by atoms with Gasteiger partial charge in [0.15, 0.2) is 23.3 Å². The molecule has 1 aliphatic rings. The van der Waals surface area contributed by atoms with E-state index < -0.39 is 40.7 Å². The fourth-order valence-corrected chi connectivity index (χ4v) is 2.70. The van der Waals surface area contributed by atoms with Crippen LogP contribution in [0.25, 0.3) is 0 Å². The second kappa shape index (κ2) is 8.77. The predicted molar refractivity (Wildman–Crippen MR) is 77.0 cm³/mol. The molecular formula is C14H18ClF5N2O. The first kappa shape index (κ1) is 20.1. The molecule has 1 aromatic rings. The Morgan fingerprint density at radius 1 is 0.913 bits per heavy atom. The molecule has 1 aliphatic heterocycles. The van der Waals surface area contributed by atoms with Gasteiger partial charge in [-0.25, -0.2) is 22.0 Å². The van der Waals surface area contributed by atoms with Crippen molar-refractivity contribution in [3.05, 3.63) is 34.6 Å². The molecule has 2 rings (SSSR count). The van der Waals surface area contributed by atoms with Crippen molar-refractivity contribution in [1.82, 2.24) is 10.2 Å². The van der Waals surface area contributed by atoms with E-state index in [0.29, 0.717) is 26.2 Å². The normalized spacial score (nSPS) is 17.0. The van der Waals surface area contributed by atoms with Crippen LogP contribution < -0.4 is 5.32 Å².